The molecule has 0 spiro atoms. The summed E-state index contributed by atoms with van der Waals surface area (Å²) < 4.78 is 10.7. The van der Waals surface area contributed by atoms with Gasteiger partial charge in [0.05, 0.1) is 11.5 Å². The molecule has 6 heteroatoms. The average Bonchev–Trinajstić information content (AvgIpc) is 3.21. The summed E-state index contributed by atoms with van der Waals surface area (Å²) in [5, 5.41) is 0. The quantitative estimate of drug-likeness (QED) is 0.327. The summed E-state index contributed by atoms with van der Waals surface area (Å²) in [6.45, 7) is 8.04. The maximum absolute atomic E-state index is 13.8. The smallest absolute Gasteiger partial charge is 0.417 e. The molecule has 1 aliphatic heterocycles. The van der Waals surface area contributed by atoms with E-state index in [0.29, 0.717) is 12.8 Å². The van der Waals surface area contributed by atoms with Gasteiger partial charge in [-0.1, -0.05) is 93.9 Å². The third kappa shape index (κ3) is 6.34. The number of amides is 2. The van der Waals surface area contributed by atoms with Crippen molar-refractivity contribution in [2.45, 2.75) is 58.6 Å². The summed E-state index contributed by atoms with van der Waals surface area (Å²) in [6.07, 6.45) is 2.18. The Bertz CT molecular complexity index is 1000. The third-order valence-electron chi connectivity index (χ3n) is 6.20. The van der Waals surface area contributed by atoms with Crippen LogP contribution in [-0.2, 0) is 32.1 Å². The molecule has 180 valence electrons. The van der Waals surface area contributed by atoms with Gasteiger partial charge in [-0.25, -0.2) is 14.5 Å². The van der Waals surface area contributed by atoms with E-state index in [1.807, 2.05) is 67.6 Å². The van der Waals surface area contributed by atoms with Gasteiger partial charge in [-0.2, -0.15) is 0 Å². The van der Waals surface area contributed by atoms with Gasteiger partial charge in [-0.05, 0) is 30.4 Å². The molecule has 1 heterocycles. The fourth-order valence-corrected chi connectivity index (χ4v) is 4.24. The average molecular weight is 464 g/mol. The SMILES string of the molecule is C=C(C[C@](C)(CCCC)C(=O)N1C(=O)OC[C@@H]1Cc1ccccc1)C(=O)OCc1ccccc1. The van der Waals surface area contributed by atoms with Crippen LogP contribution >= 0.6 is 0 Å². The molecular weight excluding hydrogens is 430 g/mol. The lowest BCUT2D eigenvalue weighted by molar-refractivity contribution is -0.142. The molecule has 2 amide bonds. The monoisotopic (exact) mass is 463 g/mol. The zero-order valence-electron chi connectivity index (χ0n) is 20.0. The van der Waals surface area contributed by atoms with Gasteiger partial charge in [-0.15, -0.1) is 0 Å². The van der Waals surface area contributed by atoms with Crippen LogP contribution < -0.4 is 0 Å². The van der Waals surface area contributed by atoms with Crippen molar-refractivity contribution < 1.29 is 23.9 Å². The van der Waals surface area contributed by atoms with Crippen LogP contribution in [0.2, 0.25) is 0 Å². The van der Waals surface area contributed by atoms with E-state index in [2.05, 4.69) is 6.58 Å². The third-order valence-corrected chi connectivity index (χ3v) is 6.20. The normalized spacial score (nSPS) is 17.1. The number of rotatable bonds is 11. The fraction of sp³-hybridized carbons (Fsp3) is 0.393. The molecule has 0 radical (unpaired) electrons. The first-order valence-electron chi connectivity index (χ1n) is 11.8. The number of unbranched alkanes of at least 4 members (excludes halogenated alkanes) is 1. The van der Waals surface area contributed by atoms with Crippen molar-refractivity contribution >= 4 is 18.0 Å². The molecule has 6 nitrogen and oxygen atoms in total. The van der Waals surface area contributed by atoms with Gasteiger partial charge in [0.1, 0.15) is 13.2 Å². The molecule has 2 aromatic rings. The van der Waals surface area contributed by atoms with Gasteiger partial charge >= 0.3 is 12.1 Å². The number of carbonyl (C=O) groups is 3. The van der Waals surface area contributed by atoms with Crippen LogP contribution in [0.25, 0.3) is 0 Å². The lowest BCUT2D eigenvalue weighted by Gasteiger charge is -2.33. The molecule has 3 rings (SSSR count). The number of hydrogen-bond acceptors (Lipinski definition) is 5. The lowest BCUT2D eigenvalue weighted by Crippen LogP contribution is -2.48. The summed E-state index contributed by atoms with van der Waals surface area (Å²) in [6, 6.07) is 18.7. The number of imide groups is 1. The van der Waals surface area contributed by atoms with Gasteiger partial charge in [-0.3, -0.25) is 4.79 Å². The van der Waals surface area contributed by atoms with Gasteiger partial charge in [0.15, 0.2) is 0 Å². The first kappa shape index (κ1) is 25.2. The Morgan fingerprint density at radius 2 is 1.71 bits per heavy atom. The number of carbonyl (C=O) groups excluding carboxylic acids is 3. The maximum Gasteiger partial charge on any atom is 0.417 e. The molecule has 2 aromatic carbocycles. The Morgan fingerprint density at radius 1 is 1.09 bits per heavy atom. The molecule has 2 atom stereocenters. The number of hydrogen-bond donors (Lipinski definition) is 0. The minimum atomic E-state index is -0.975. The first-order valence-corrected chi connectivity index (χ1v) is 11.8. The van der Waals surface area contributed by atoms with Crippen molar-refractivity contribution in [3.8, 4) is 0 Å². The van der Waals surface area contributed by atoms with Crippen molar-refractivity contribution in [1.82, 2.24) is 4.90 Å². The standard InChI is InChI=1S/C28H33NO5/c1-4-5-16-28(3,18-21(2)25(30)33-19-23-14-10-7-11-15-23)26(31)29-24(20-34-27(29)32)17-22-12-8-6-9-13-22/h6-15,24H,2,4-5,16-20H2,1,3H3/t24-,28-/m0/s1. The highest BCUT2D eigenvalue weighted by Gasteiger charge is 2.46. The Labute approximate surface area is 201 Å². The predicted molar refractivity (Wildman–Crippen MR) is 130 cm³/mol. The first-order chi connectivity index (χ1) is 16.3. The Balaban J connectivity index is 1.72. The Kier molecular flexibility index (Phi) is 8.63. The minimum absolute atomic E-state index is 0.112. The van der Waals surface area contributed by atoms with Crippen molar-refractivity contribution in [1.29, 1.82) is 0 Å². The molecule has 0 aromatic heterocycles. The van der Waals surface area contributed by atoms with Gasteiger partial charge in [0, 0.05) is 5.57 Å². The largest absolute Gasteiger partial charge is 0.457 e. The summed E-state index contributed by atoms with van der Waals surface area (Å²) in [5.41, 5.74) is 1.14. The summed E-state index contributed by atoms with van der Waals surface area (Å²) in [5.74, 6) is -0.870. The maximum atomic E-state index is 13.8. The van der Waals surface area contributed by atoms with E-state index in [1.165, 1.54) is 4.90 Å². The number of benzene rings is 2. The van der Waals surface area contributed by atoms with Crippen LogP contribution in [0.1, 0.15) is 50.7 Å². The molecular formula is C28H33NO5. The van der Waals surface area contributed by atoms with Gasteiger partial charge < -0.3 is 9.47 Å². The van der Waals surface area contributed by atoms with Crippen LogP contribution in [0.15, 0.2) is 72.8 Å². The highest BCUT2D eigenvalue weighted by molar-refractivity contribution is 5.98. The molecule has 0 bridgehead atoms. The predicted octanol–water partition coefficient (Wildman–Crippen LogP) is 5.46. The van der Waals surface area contributed by atoms with E-state index < -0.39 is 17.5 Å². The summed E-state index contributed by atoms with van der Waals surface area (Å²) >= 11 is 0. The molecule has 0 aliphatic carbocycles. The Morgan fingerprint density at radius 3 is 2.32 bits per heavy atom. The summed E-state index contributed by atoms with van der Waals surface area (Å²) in [7, 11) is 0. The van der Waals surface area contributed by atoms with E-state index in [4.69, 9.17) is 9.47 Å². The highest BCUT2D eigenvalue weighted by atomic mass is 16.6. The van der Waals surface area contributed by atoms with Crippen LogP contribution in [0.3, 0.4) is 0 Å². The van der Waals surface area contributed by atoms with Crippen LogP contribution in [0, 0.1) is 5.41 Å². The van der Waals surface area contributed by atoms with E-state index in [-0.39, 0.29) is 37.2 Å². The van der Waals surface area contributed by atoms with Gasteiger partial charge in [0.2, 0.25) is 5.91 Å². The molecule has 0 saturated carbocycles. The van der Waals surface area contributed by atoms with Crippen molar-refractivity contribution in [3.63, 3.8) is 0 Å². The van der Waals surface area contributed by atoms with Crippen molar-refractivity contribution in [3.05, 3.63) is 83.9 Å². The highest BCUT2D eigenvalue weighted by Crippen LogP contribution is 2.36. The summed E-state index contributed by atoms with van der Waals surface area (Å²) in [4.78, 5) is 40.2. The van der Waals surface area contributed by atoms with Crippen molar-refractivity contribution in [2.24, 2.45) is 5.41 Å². The lowest BCUT2D eigenvalue weighted by atomic mass is 9.77. The van der Waals surface area contributed by atoms with Gasteiger partial charge in [0.25, 0.3) is 0 Å². The molecule has 1 fully saturated rings. The van der Waals surface area contributed by atoms with E-state index in [1.54, 1.807) is 6.92 Å². The fourth-order valence-electron chi connectivity index (χ4n) is 4.24. The van der Waals surface area contributed by atoms with Crippen LogP contribution in [0.4, 0.5) is 4.79 Å². The zero-order chi connectivity index (χ0) is 24.6. The number of nitrogens with zero attached hydrogens (tertiary/aromatic N) is 1. The number of cyclic esters (lactones) is 1. The Hall–Kier alpha value is -3.41. The number of ether oxygens (including phenoxy) is 2. The molecule has 1 aliphatic rings. The van der Waals surface area contributed by atoms with E-state index >= 15 is 0 Å². The molecule has 0 N–H and O–H groups in total. The van der Waals surface area contributed by atoms with Crippen LogP contribution in [-0.4, -0.2) is 35.5 Å². The van der Waals surface area contributed by atoms with E-state index in [9.17, 15) is 14.4 Å². The molecule has 0 unspecified atom stereocenters. The molecule has 1 saturated heterocycles. The minimum Gasteiger partial charge on any atom is -0.457 e. The second kappa shape index (κ2) is 11.6. The number of esters is 1. The van der Waals surface area contributed by atoms with E-state index in [0.717, 1.165) is 24.0 Å². The van der Waals surface area contributed by atoms with Crippen LogP contribution in [0.5, 0.6) is 0 Å². The van der Waals surface area contributed by atoms with Crippen molar-refractivity contribution in [2.75, 3.05) is 6.61 Å². The second-order valence-electron chi connectivity index (χ2n) is 9.10. The zero-order valence-corrected chi connectivity index (χ0v) is 20.0. The second-order valence-corrected chi connectivity index (χ2v) is 9.10. The molecule has 34 heavy (non-hydrogen) atoms. The topological polar surface area (TPSA) is 72.9 Å².